The number of hydrogen-bond donors (Lipinski definition) is 2. The second-order valence-corrected chi connectivity index (χ2v) is 6.68. The van der Waals surface area contributed by atoms with Crippen LogP contribution in [0, 0.1) is 13.8 Å². The van der Waals surface area contributed by atoms with E-state index in [1.54, 1.807) is 50.1 Å². The molecule has 0 unspecified atom stereocenters. The number of Topliss-reactive ketones (excluding diaryl/α,β-unsaturated/α-hetero) is 2. The van der Waals surface area contributed by atoms with Gasteiger partial charge in [-0.05, 0) is 57.1 Å². The Morgan fingerprint density at radius 1 is 1.11 bits per heavy atom. The molecular formula is C21H27N3O4. The average Bonchev–Trinajstić information content (AvgIpc) is 2.96. The first kappa shape index (κ1) is 21.4. The maximum absolute atomic E-state index is 12.7. The molecule has 150 valence electrons. The second kappa shape index (κ2) is 9.32. The molecule has 0 spiro atoms. The van der Waals surface area contributed by atoms with E-state index in [2.05, 4.69) is 10.3 Å². The van der Waals surface area contributed by atoms with Crippen molar-refractivity contribution in [2.45, 2.75) is 27.7 Å². The van der Waals surface area contributed by atoms with Crippen molar-refractivity contribution in [3.05, 3.63) is 46.8 Å². The summed E-state index contributed by atoms with van der Waals surface area (Å²) in [5, 5.41) is 2.81. The van der Waals surface area contributed by atoms with E-state index in [9.17, 15) is 14.4 Å². The molecule has 0 saturated carbocycles. The minimum Gasteiger partial charge on any atom is -0.497 e. The standard InChI is InChI=1S/C21H27N3O4/c1-6-24(12-19(27)23-16-7-9-17(28-5)10-8-16)11-18(26)21-13(2)20(15(4)25)14(3)22-21/h7-10,22H,6,11-12H2,1-5H3,(H,23,27). The smallest absolute Gasteiger partial charge is 0.238 e. The average molecular weight is 385 g/mol. The van der Waals surface area contributed by atoms with E-state index in [0.29, 0.717) is 40.5 Å². The highest BCUT2D eigenvalue weighted by Gasteiger charge is 2.22. The predicted molar refractivity (Wildman–Crippen MR) is 108 cm³/mol. The van der Waals surface area contributed by atoms with E-state index in [-0.39, 0.29) is 30.6 Å². The molecular weight excluding hydrogens is 358 g/mol. The number of ether oxygens (including phenoxy) is 1. The molecule has 2 N–H and O–H groups in total. The highest BCUT2D eigenvalue weighted by molar-refractivity contribution is 6.04. The Hall–Kier alpha value is -2.93. The lowest BCUT2D eigenvalue weighted by atomic mass is 10.1. The Balaban J connectivity index is 2.01. The fourth-order valence-electron chi connectivity index (χ4n) is 3.20. The number of hydrogen-bond acceptors (Lipinski definition) is 5. The Kier molecular flexibility index (Phi) is 7.12. The van der Waals surface area contributed by atoms with Crippen LogP contribution in [0.15, 0.2) is 24.3 Å². The number of rotatable bonds is 9. The van der Waals surface area contributed by atoms with E-state index in [4.69, 9.17) is 4.74 Å². The molecule has 0 radical (unpaired) electrons. The zero-order valence-electron chi connectivity index (χ0n) is 17.0. The van der Waals surface area contributed by atoms with Gasteiger partial charge in [0.1, 0.15) is 5.75 Å². The molecule has 0 aliphatic carbocycles. The number of methoxy groups -OCH3 is 1. The zero-order chi connectivity index (χ0) is 20.8. The number of carbonyl (C=O) groups excluding carboxylic acids is 3. The van der Waals surface area contributed by atoms with Gasteiger partial charge in [-0.1, -0.05) is 6.92 Å². The minimum atomic E-state index is -0.205. The Labute approximate surface area is 165 Å². The van der Waals surface area contributed by atoms with Crippen molar-refractivity contribution in [3.63, 3.8) is 0 Å². The monoisotopic (exact) mass is 385 g/mol. The summed E-state index contributed by atoms with van der Waals surface area (Å²) in [7, 11) is 1.58. The number of aryl methyl sites for hydroxylation is 1. The van der Waals surface area contributed by atoms with Crippen LogP contribution < -0.4 is 10.1 Å². The lowest BCUT2D eigenvalue weighted by molar-refractivity contribution is -0.117. The lowest BCUT2D eigenvalue weighted by Gasteiger charge is -2.19. The normalized spacial score (nSPS) is 10.8. The number of amides is 1. The van der Waals surface area contributed by atoms with Gasteiger partial charge in [-0.15, -0.1) is 0 Å². The van der Waals surface area contributed by atoms with Crippen molar-refractivity contribution < 1.29 is 19.1 Å². The van der Waals surface area contributed by atoms with E-state index in [1.807, 2.05) is 6.92 Å². The van der Waals surface area contributed by atoms with Crippen molar-refractivity contribution >= 4 is 23.2 Å². The first-order chi connectivity index (χ1) is 13.3. The molecule has 1 heterocycles. The van der Waals surface area contributed by atoms with Crippen molar-refractivity contribution in [2.75, 3.05) is 32.1 Å². The van der Waals surface area contributed by atoms with Gasteiger partial charge in [-0.25, -0.2) is 0 Å². The Bertz CT molecular complexity index is 869. The SMILES string of the molecule is CCN(CC(=O)Nc1ccc(OC)cc1)CC(=O)c1[nH]c(C)c(C(C)=O)c1C. The summed E-state index contributed by atoms with van der Waals surface area (Å²) in [6.07, 6.45) is 0. The van der Waals surface area contributed by atoms with Crippen LogP contribution in [0.25, 0.3) is 0 Å². The Morgan fingerprint density at radius 2 is 1.75 bits per heavy atom. The van der Waals surface area contributed by atoms with Crippen molar-refractivity contribution in [1.29, 1.82) is 0 Å². The number of likely N-dealkylation sites (N-methyl/N-ethyl adjacent to an activating group) is 1. The molecule has 2 aromatic rings. The quantitative estimate of drug-likeness (QED) is 0.648. The number of carbonyl (C=O) groups is 3. The van der Waals surface area contributed by atoms with Crippen LogP contribution >= 0.6 is 0 Å². The number of H-pyrrole nitrogens is 1. The molecule has 0 saturated heterocycles. The summed E-state index contributed by atoms with van der Waals surface area (Å²) in [6.45, 7) is 7.64. The molecule has 28 heavy (non-hydrogen) atoms. The highest BCUT2D eigenvalue weighted by atomic mass is 16.5. The summed E-state index contributed by atoms with van der Waals surface area (Å²) in [6, 6.07) is 7.04. The maximum atomic E-state index is 12.7. The van der Waals surface area contributed by atoms with Crippen LogP contribution in [-0.4, -0.2) is 54.1 Å². The molecule has 1 amide bonds. The van der Waals surface area contributed by atoms with Gasteiger partial charge >= 0.3 is 0 Å². The third kappa shape index (κ3) is 5.07. The molecule has 0 atom stereocenters. The first-order valence-corrected chi connectivity index (χ1v) is 9.16. The van der Waals surface area contributed by atoms with Gasteiger partial charge in [0.15, 0.2) is 11.6 Å². The lowest BCUT2D eigenvalue weighted by Crippen LogP contribution is -2.37. The van der Waals surface area contributed by atoms with Crippen LogP contribution in [0.2, 0.25) is 0 Å². The van der Waals surface area contributed by atoms with Crippen LogP contribution in [0.5, 0.6) is 5.75 Å². The van der Waals surface area contributed by atoms with E-state index in [1.165, 1.54) is 6.92 Å². The van der Waals surface area contributed by atoms with Crippen molar-refractivity contribution in [1.82, 2.24) is 9.88 Å². The topological polar surface area (TPSA) is 91.5 Å². The van der Waals surface area contributed by atoms with Crippen molar-refractivity contribution in [3.8, 4) is 5.75 Å². The molecule has 0 aliphatic rings. The molecule has 1 aromatic carbocycles. The van der Waals surface area contributed by atoms with Crippen LogP contribution in [0.3, 0.4) is 0 Å². The van der Waals surface area contributed by atoms with Crippen molar-refractivity contribution in [2.24, 2.45) is 0 Å². The third-order valence-electron chi connectivity index (χ3n) is 4.62. The Morgan fingerprint density at radius 3 is 2.25 bits per heavy atom. The number of aromatic amines is 1. The number of anilines is 1. The van der Waals surface area contributed by atoms with Gasteiger partial charge in [-0.3, -0.25) is 19.3 Å². The van der Waals surface area contributed by atoms with Crippen LogP contribution in [0.1, 0.15) is 46.0 Å². The number of ketones is 2. The number of aromatic nitrogens is 1. The summed E-state index contributed by atoms with van der Waals surface area (Å²) in [5.41, 5.74) is 3.00. The highest BCUT2D eigenvalue weighted by Crippen LogP contribution is 2.19. The van der Waals surface area contributed by atoms with E-state index in [0.717, 1.165) is 0 Å². The molecule has 0 fully saturated rings. The predicted octanol–water partition coefficient (Wildman–Crippen LogP) is 2.99. The van der Waals surface area contributed by atoms with Gasteiger partial charge in [0.25, 0.3) is 0 Å². The number of benzene rings is 1. The fraction of sp³-hybridized carbons (Fsp3) is 0.381. The molecule has 2 rings (SSSR count). The maximum Gasteiger partial charge on any atom is 0.238 e. The third-order valence-corrected chi connectivity index (χ3v) is 4.62. The van der Waals surface area contributed by atoms with Gasteiger partial charge in [0.05, 0.1) is 25.9 Å². The molecule has 0 bridgehead atoms. The van der Waals surface area contributed by atoms with E-state index < -0.39 is 0 Å². The van der Waals surface area contributed by atoms with Gasteiger partial charge in [-0.2, -0.15) is 0 Å². The summed E-state index contributed by atoms with van der Waals surface area (Å²) in [5.74, 6) is 0.285. The second-order valence-electron chi connectivity index (χ2n) is 6.68. The minimum absolute atomic E-state index is 0.0727. The fourth-order valence-corrected chi connectivity index (χ4v) is 3.20. The largest absolute Gasteiger partial charge is 0.497 e. The molecule has 1 aromatic heterocycles. The molecule has 7 heteroatoms. The van der Waals surface area contributed by atoms with Gasteiger partial charge < -0.3 is 15.0 Å². The molecule has 0 aliphatic heterocycles. The summed E-state index contributed by atoms with van der Waals surface area (Å²) < 4.78 is 5.09. The van der Waals surface area contributed by atoms with Gasteiger partial charge in [0, 0.05) is 16.9 Å². The first-order valence-electron chi connectivity index (χ1n) is 9.16. The number of nitrogens with one attached hydrogen (secondary N) is 2. The molecule has 7 nitrogen and oxygen atoms in total. The van der Waals surface area contributed by atoms with Crippen LogP contribution in [-0.2, 0) is 4.79 Å². The number of nitrogens with zero attached hydrogens (tertiary/aromatic N) is 1. The van der Waals surface area contributed by atoms with E-state index >= 15 is 0 Å². The van der Waals surface area contributed by atoms with Gasteiger partial charge in [0.2, 0.25) is 5.91 Å². The zero-order valence-corrected chi connectivity index (χ0v) is 17.0. The summed E-state index contributed by atoms with van der Waals surface area (Å²) in [4.78, 5) is 41.6. The van der Waals surface area contributed by atoms with Crippen LogP contribution in [0.4, 0.5) is 5.69 Å². The summed E-state index contributed by atoms with van der Waals surface area (Å²) >= 11 is 0.